The molecule has 3 heteroatoms. The molecular formula is C51H79N2S+. The van der Waals surface area contributed by atoms with E-state index in [2.05, 4.69) is 126 Å². The van der Waals surface area contributed by atoms with Crippen LogP contribution in [0.15, 0.2) is 111 Å². The van der Waals surface area contributed by atoms with Crippen molar-refractivity contribution in [3.05, 3.63) is 107 Å². The van der Waals surface area contributed by atoms with E-state index in [0.717, 1.165) is 31.5 Å². The van der Waals surface area contributed by atoms with Crippen LogP contribution in [0.25, 0.3) is 0 Å². The first-order valence-corrected chi connectivity index (χ1v) is 23.3. The van der Waals surface area contributed by atoms with Crippen LogP contribution in [0.3, 0.4) is 0 Å². The summed E-state index contributed by atoms with van der Waals surface area (Å²) >= 11 is 1.84. The third-order valence-electron chi connectivity index (χ3n) is 11.7. The van der Waals surface area contributed by atoms with Crippen LogP contribution >= 0.6 is 11.8 Å². The van der Waals surface area contributed by atoms with E-state index >= 15 is 0 Å². The molecule has 0 saturated heterocycles. The molecule has 0 N–H and O–H groups in total. The lowest BCUT2D eigenvalue weighted by Gasteiger charge is -2.33. The Morgan fingerprint density at radius 2 is 1.37 bits per heavy atom. The molecule has 1 aromatic rings. The average Bonchev–Trinajstić information content (AvgIpc) is 3.37. The molecular weight excluding hydrogens is 673 g/mol. The quantitative estimate of drug-likeness (QED) is 0.0290. The van der Waals surface area contributed by atoms with Crippen LogP contribution in [-0.2, 0) is 0 Å². The molecule has 0 atom stereocenters. The van der Waals surface area contributed by atoms with E-state index in [1.165, 1.54) is 159 Å². The second-order valence-electron chi connectivity index (χ2n) is 16.3. The summed E-state index contributed by atoms with van der Waals surface area (Å²) in [5, 5.41) is 0. The summed E-state index contributed by atoms with van der Waals surface area (Å²) < 4.78 is 2.50. The number of unbranched alkanes of at least 4 members (excludes halogenated alkanes) is 15. The third kappa shape index (κ3) is 13.2. The van der Waals surface area contributed by atoms with Gasteiger partial charge in [0.05, 0.1) is 4.90 Å². The fourth-order valence-electron chi connectivity index (χ4n) is 8.43. The molecule has 2 aliphatic rings. The summed E-state index contributed by atoms with van der Waals surface area (Å²) in [7, 11) is 0. The zero-order valence-corrected chi connectivity index (χ0v) is 37.1. The highest BCUT2D eigenvalue weighted by Crippen LogP contribution is 2.51. The Labute approximate surface area is 338 Å². The summed E-state index contributed by atoms with van der Waals surface area (Å²) in [6.07, 6.45) is 38.8. The van der Waals surface area contributed by atoms with Gasteiger partial charge in [-0.1, -0.05) is 168 Å². The Morgan fingerprint density at radius 3 is 1.93 bits per heavy atom. The Hall–Kier alpha value is -2.78. The molecule has 0 unspecified atom stereocenters. The molecule has 1 aliphatic heterocycles. The van der Waals surface area contributed by atoms with Crippen molar-refractivity contribution >= 4 is 23.7 Å². The van der Waals surface area contributed by atoms with Gasteiger partial charge < -0.3 is 4.90 Å². The van der Waals surface area contributed by atoms with Crippen molar-refractivity contribution in [3.8, 4) is 0 Å². The van der Waals surface area contributed by atoms with Crippen LogP contribution < -0.4 is 0 Å². The van der Waals surface area contributed by atoms with Gasteiger partial charge in [-0.25, -0.2) is 0 Å². The van der Waals surface area contributed by atoms with Crippen molar-refractivity contribution < 1.29 is 4.58 Å². The fraction of sp³-hybridized carbons (Fsp3) is 0.588. The lowest BCUT2D eigenvalue weighted by molar-refractivity contribution is -0.438. The predicted octanol–water partition coefficient (Wildman–Crippen LogP) is 16.0. The molecule has 1 aliphatic carbocycles. The molecule has 1 heterocycles. The van der Waals surface area contributed by atoms with Crippen molar-refractivity contribution in [2.75, 3.05) is 19.3 Å². The Balaban J connectivity index is 1.90. The number of allylic oxidation sites excluding steroid dienone is 10. The highest BCUT2D eigenvalue weighted by Gasteiger charge is 2.41. The van der Waals surface area contributed by atoms with Crippen LogP contribution in [0.4, 0.5) is 5.69 Å². The molecule has 1 aromatic carbocycles. The molecule has 0 bridgehead atoms. The van der Waals surface area contributed by atoms with Crippen LogP contribution in [0.2, 0.25) is 0 Å². The second-order valence-corrected chi connectivity index (χ2v) is 17.2. The van der Waals surface area contributed by atoms with E-state index in [0.29, 0.717) is 0 Å². The fourth-order valence-corrected chi connectivity index (χ4v) is 9.04. The number of benzene rings is 1. The summed E-state index contributed by atoms with van der Waals surface area (Å²) in [6, 6.07) is 8.89. The maximum absolute atomic E-state index is 4.71. The zero-order valence-electron chi connectivity index (χ0n) is 36.3. The first-order valence-electron chi connectivity index (χ1n) is 22.1. The average molecular weight is 752 g/mol. The van der Waals surface area contributed by atoms with Gasteiger partial charge in [-0.3, -0.25) is 0 Å². The van der Waals surface area contributed by atoms with E-state index in [9.17, 15) is 0 Å². The van der Waals surface area contributed by atoms with Gasteiger partial charge in [0.25, 0.3) is 0 Å². The lowest BCUT2D eigenvalue weighted by Crippen LogP contribution is -2.26. The summed E-state index contributed by atoms with van der Waals surface area (Å²) in [5.74, 6) is 0. The monoisotopic (exact) mass is 752 g/mol. The Morgan fingerprint density at radius 1 is 0.796 bits per heavy atom. The van der Waals surface area contributed by atoms with Crippen LogP contribution in [0.5, 0.6) is 0 Å². The molecule has 0 spiro atoms. The van der Waals surface area contributed by atoms with Crippen LogP contribution in [0.1, 0.15) is 170 Å². The molecule has 0 radical (unpaired) electrons. The maximum atomic E-state index is 4.71. The van der Waals surface area contributed by atoms with E-state index in [-0.39, 0.29) is 5.41 Å². The van der Waals surface area contributed by atoms with Crippen molar-refractivity contribution in [1.29, 1.82) is 0 Å². The highest BCUT2D eigenvalue weighted by atomic mass is 32.2. The largest absolute Gasteiger partial charge is 0.344 e. The van der Waals surface area contributed by atoms with Gasteiger partial charge in [-0.2, -0.15) is 4.58 Å². The van der Waals surface area contributed by atoms with E-state index < -0.39 is 0 Å². The number of rotatable bonds is 27. The van der Waals surface area contributed by atoms with E-state index in [1.807, 2.05) is 11.8 Å². The minimum absolute atomic E-state index is 0.0468. The van der Waals surface area contributed by atoms with E-state index in [4.69, 9.17) is 6.58 Å². The molecule has 0 aromatic heterocycles. The van der Waals surface area contributed by atoms with Gasteiger partial charge in [-0.05, 0) is 84.9 Å². The Bertz CT molecular complexity index is 1540. The summed E-state index contributed by atoms with van der Waals surface area (Å²) in [4.78, 5) is 3.99. The molecule has 298 valence electrons. The number of nitrogens with zero attached hydrogens (tertiary/aromatic N) is 2. The molecule has 54 heavy (non-hydrogen) atoms. The normalized spacial score (nSPS) is 17.6. The van der Waals surface area contributed by atoms with Crippen molar-refractivity contribution in [3.63, 3.8) is 0 Å². The number of para-hydroxylation sites is 1. The first-order chi connectivity index (χ1) is 26.2. The SMILES string of the molecule is C=C(C)/C=C\C1=C(CC)C(C)(C)/C(=C\C2=C(CC)C(=C/C=[N+](CCCCCCCCCC)c3ccccc3SC)/C2=C)N1CCCCCCCCCCC. The minimum atomic E-state index is -0.0468. The maximum Gasteiger partial charge on any atom is 0.218 e. The van der Waals surface area contributed by atoms with Gasteiger partial charge in [0, 0.05) is 41.9 Å². The summed E-state index contributed by atoms with van der Waals surface area (Å²) in [6.45, 7) is 27.2. The van der Waals surface area contributed by atoms with Crippen molar-refractivity contribution in [2.45, 2.75) is 175 Å². The molecule has 0 fully saturated rings. The summed E-state index contributed by atoms with van der Waals surface area (Å²) in [5.41, 5.74) is 12.0. The standard InChI is InChI=1S/C51H79N2S/c1-11-15-17-19-21-23-25-27-31-38-53-47(35-34-41(5)6)46(14-4)51(8,9)50(53)40-45-42(7)44(43(45)13-3)36-39-52(48-32-28-29-33-49(48)54-10)37-30-26-24-22-20-18-16-12-2/h28-29,32-36,39-40H,5,7,11-27,30-31,37-38H2,1-4,6,8-10H3/q+1/b35-34-. The van der Waals surface area contributed by atoms with Gasteiger partial charge >= 0.3 is 0 Å². The third-order valence-corrected chi connectivity index (χ3v) is 12.4. The smallest absolute Gasteiger partial charge is 0.218 e. The molecule has 3 rings (SSSR count). The van der Waals surface area contributed by atoms with Gasteiger partial charge in [0.2, 0.25) is 5.69 Å². The van der Waals surface area contributed by atoms with Crippen LogP contribution in [0, 0.1) is 5.41 Å². The van der Waals surface area contributed by atoms with Gasteiger partial charge in [0.1, 0.15) is 6.54 Å². The number of hydrogen-bond donors (Lipinski definition) is 0. The zero-order chi connectivity index (χ0) is 39.3. The lowest BCUT2D eigenvalue weighted by atomic mass is 9.74. The van der Waals surface area contributed by atoms with Gasteiger partial charge in [0.15, 0.2) is 6.21 Å². The minimum Gasteiger partial charge on any atom is -0.344 e. The number of thioether (sulfide) groups is 1. The molecule has 0 amide bonds. The Kier molecular flexibility index (Phi) is 20.8. The highest BCUT2D eigenvalue weighted by molar-refractivity contribution is 7.98. The number of hydrogen-bond acceptors (Lipinski definition) is 2. The van der Waals surface area contributed by atoms with Crippen LogP contribution in [-0.4, -0.2) is 35.0 Å². The molecule has 2 nitrogen and oxygen atoms in total. The topological polar surface area (TPSA) is 6.25 Å². The second kappa shape index (κ2) is 24.7. The van der Waals surface area contributed by atoms with E-state index in [1.54, 1.807) is 0 Å². The van der Waals surface area contributed by atoms with Gasteiger partial charge in [-0.15, -0.1) is 11.8 Å². The first kappa shape index (κ1) is 45.6. The molecule has 0 saturated carbocycles. The van der Waals surface area contributed by atoms with Crippen molar-refractivity contribution in [2.24, 2.45) is 5.41 Å². The predicted molar refractivity (Wildman–Crippen MR) is 243 cm³/mol. The van der Waals surface area contributed by atoms with Crippen molar-refractivity contribution in [1.82, 2.24) is 4.90 Å².